The number of nitrogens with zero attached hydrogens (tertiary/aromatic N) is 1. The van der Waals surface area contributed by atoms with Gasteiger partial charge in [0.15, 0.2) is 0 Å². The van der Waals surface area contributed by atoms with Gasteiger partial charge in [-0.2, -0.15) is 0 Å². The van der Waals surface area contributed by atoms with E-state index in [2.05, 4.69) is 4.98 Å². The Hall–Kier alpha value is -0.840. The smallest absolute Gasteiger partial charge is 0.108 e. The summed E-state index contributed by atoms with van der Waals surface area (Å²) in [7, 11) is 0. The van der Waals surface area contributed by atoms with E-state index in [4.69, 9.17) is 17.3 Å². The van der Waals surface area contributed by atoms with E-state index in [0.29, 0.717) is 11.3 Å². The molecular weight excluding hydrogens is 192 g/mol. The fourth-order valence-corrected chi connectivity index (χ4v) is 1.15. The highest BCUT2D eigenvalue weighted by molar-refractivity contribution is 6.18. The van der Waals surface area contributed by atoms with Crippen molar-refractivity contribution in [2.24, 2.45) is 0 Å². The van der Waals surface area contributed by atoms with Crippen LogP contribution in [0.3, 0.4) is 0 Å². The highest BCUT2D eigenvalue weighted by atomic mass is 35.5. The van der Waals surface area contributed by atoms with Crippen LogP contribution in [0.2, 0.25) is 0 Å². The molecule has 0 saturated carbocycles. The number of nitrogens with two attached hydrogens (primary N) is 1. The second kappa shape index (κ2) is 4.41. The summed E-state index contributed by atoms with van der Waals surface area (Å²) in [4.78, 5) is 3.76. The predicted molar refractivity (Wildman–Crippen MR) is 50.3 cm³/mol. The van der Waals surface area contributed by atoms with Gasteiger partial charge >= 0.3 is 0 Å². The second-order valence-corrected chi connectivity index (χ2v) is 2.98. The fourth-order valence-electron chi connectivity index (χ4n) is 0.978. The molecule has 13 heavy (non-hydrogen) atoms. The van der Waals surface area contributed by atoms with Crippen LogP contribution >= 0.6 is 11.6 Å². The van der Waals surface area contributed by atoms with Crippen LogP contribution in [0.25, 0.3) is 0 Å². The number of aromatic nitrogens is 1. The van der Waals surface area contributed by atoms with Crippen LogP contribution in [0, 0.1) is 0 Å². The normalized spacial score (nSPS) is 15.3. The molecule has 1 aromatic heterocycles. The number of pyridine rings is 1. The number of aliphatic hydroxyl groups is 2. The van der Waals surface area contributed by atoms with Gasteiger partial charge in [-0.1, -0.05) is 0 Å². The average molecular weight is 203 g/mol. The number of nitrogen functional groups attached to an aromatic ring is 1. The lowest BCUT2D eigenvalue weighted by molar-refractivity contribution is 0.0331. The molecule has 0 aliphatic rings. The van der Waals surface area contributed by atoms with Gasteiger partial charge in [0.2, 0.25) is 0 Å². The minimum absolute atomic E-state index is 0.0388. The zero-order valence-corrected chi connectivity index (χ0v) is 7.65. The van der Waals surface area contributed by atoms with E-state index in [-0.39, 0.29) is 5.88 Å². The lowest BCUT2D eigenvalue weighted by Gasteiger charge is -2.16. The minimum atomic E-state index is -1.06. The van der Waals surface area contributed by atoms with Crippen LogP contribution in [0.5, 0.6) is 0 Å². The molecule has 2 unspecified atom stereocenters. The number of rotatable bonds is 3. The largest absolute Gasteiger partial charge is 0.397 e. The third-order valence-electron chi connectivity index (χ3n) is 1.73. The van der Waals surface area contributed by atoms with E-state index < -0.39 is 12.2 Å². The summed E-state index contributed by atoms with van der Waals surface area (Å²) in [5, 5.41) is 18.8. The third-order valence-corrected chi connectivity index (χ3v) is 2.04. The molecule has 1 aromatic rings. The van der Waals surface area contributed by atoms with Gasteiger partial charge in [0, 0.05) is 11.8 Å². The Morgan fingerprint density at radius 2 is 2.23 bits per heavy atom. The first-order valence-electron chi connectivity index (χ1n) is 3.78. The van der Waals surface area contributed by atoms with Crippen molar-refractivity contribution in [2.75, 3.05) is 11.6 Å². The average Bonchev–Trinajstić information content (AvgIpc) is 2.16. The van der Waals surface area contributed by atoms with E-state index in [1.54, 1.807) is 6.07 Å². The summed E-state index contributed by atoms with van der Waals surface area (Å²) in [6, 6.07) is 1.55. The number of hydrogen-bond donors (Lipinski definition) is 3. The SMILES string of the molecule is Nc1cnccc1C(O)C(O)CCl. The zero-order chi connectivity index (χ0) is 9.84. The van der Waals surface area contributed by atoms with Gasteiger partial charge < -0.3 is 15.9 Å². The maximum absolute atomic E-state index is 9.53. The second-order valence-electron chi connectivity index (χ2n) is 2.67. The van der Waals surface area contributed by atoms with Crippen LogP contribution in [0.15, 0.2) is 18.5 Å². The topological polar surface area (TPSA) is 79.4 Å². The van der Waals surface area contributed by atoms with Gasteiger partial charge in [0.25, 0.3) is 0 Å². The summed E-state index contributed by atoms with van der Waals surface area (Å²) in [6.07, 6.45) is 0.849. The van der Waals surface area contributed by atoms with Crippen molar-refractivity contribution in [3.63, 3.8) is 0 Å². The van der Waals surface area contributed by atoms with Crippen molar-refractivity contribution in [2.45, 2.75) is 12.2 Å². The highest BCUT2D eigenvalue weighted by Crippen LogP contribution is 2.22. The van der Waals surface area contributed by atoms with Crippen LogP contribution in [0.1, 0.15) is 11.7 Å². The van der Waals surface area contributed by atoms with E-state index in [9.17, 15) is 10.2 Å². The van der Waals surface area contributed by atoms with Gasteiger partial charge in [-0.25, -0.2) is 0 Å². The lowest BCUT2D eigenvalue weighted by atomic mass is 10.1. The van der Waals surface area contributed by atoms with Crippen LogP contribution in [-0.2, 0) is 0 Å². The van der Waals surface area contributed by atoms with Gasteiger partial charge in [-0.3, -0.25) is 4.98 Å². The first kappa shape index (κ1) is 10.2. The van der Waals surface area contributed by atoms with E-state index in [0.717, 1.165) is 0 Å². The van der Waals surface area contributed by atoms with Crippen molar-refractivity contribution in [1.82, 2.24) is 4.98 Å². The van der Waals surface area contributed by atoms with Crippen LogP contribution < -0.4 is 5.73 Å². The Kier molecular flexibility index (Phi) is 3.48. The molecule has 4 nitrogen and oxygen atoms in total. The molecule has 0 aromatic carbocycles. The highest BCUT2D eigenvalue weighted by Gasteiger charge is 2.19. The maximum Gasteiger partial charge on any atom is 0.108 e. The molecule has 0 saturated heterocycles. The molecule has 1 rings (SSSR count). The van der Waals surface area contributed by atoms with E-state index in [1.807, 2.05) is 0 Å². The van der Waals surface area contributed by atoms with Gasteiger partial charge in [0.05, 0.1) is 23.9 Å². The molecule has 5 heteroatoms. The fraction of sp³-hybridized carbons (Fsp3) is 0.375. The van der Waals surface area contributed by atoms with Gasteiger partial charge in [-0.15, -0.1) is 11.6 Å². The number of alkyl halides is 1. The molecule has 0 amide bonds. The van der Waals surface area contributed by atoms with Gasteiger partial charge in [0.1, 0.15) is 6.10 Å². The maximum atomic E-state index is 9.53. The summed E-state index contributed by atoms with van der Waals surface area (Å²) in [5.74, 6) is -0.0388. The molecule has 2 atom stereocenters. The van der Waals surface area contributed by atoms with E-state index in [1.165, 1.54) is 12.4 Å². The molecule has 0 aliphatic carbocycles. The van der Waals surface area contributed by atoms with Crippen LogP contribution in [-0.4, -0.2) is 27.2 Å². The molecule has 0 spiro atoms. The quantitative estimate of drug-likeness (QED) is 0.616. The lowest BCUT2D eigenvalue weighted by Crippen LogP contribution is -2.20. The van der Waals surface area contributed by atoms with Crippen LogP contribution in [0.4, 0.5) is 5.69 Å². The van der Waals surface area contributed by atoms with Crippen molar-refractivity contribution in [1.29, 1.82) is 0 Å². The summed E-state index contributed by atoms with van der Waals surface area (Å²) in [6.45, 7) is 0. The number of anilines is 1. The molecule has 72 valence electrons. The van der Waals surface area contributed by atoms with Gasteiger partial charge in [-0.05, 0) is 6.07 Å². The van der Waals surface area contributed by atoms with Crippen molar-refractivity contribution >= 4 is 17.3 Å². The Labute approximate surface area is 81.0 Å². The molecule has 0 bridgehead atoms. The predicted octanol–water partition coefficient (Wildman–Crippen LogP) is 0.297. The molecule has 0 fully saturated rings. The summed E-state index contributed by atoms with van der Waals surface area (Å²) >= 11 is 5.38. The summed E-state index contributed by atoms with van der Waals surface area (Å²) in [5.41, 5.74) is 6.33. The molecule has 0 aliphatic heterocycles. The standard InChI is InChI=1S/C8H11ClN2O2/c9-3-7(12)8(13)5-1-2-11-4-6(5)10/h1-2,4,7-8,12-13H,3,10H2. The Morgan fingerprint density at radius 1 is 1.54 bits per heavy atom. The molecule has 0 radical (unpaired) electrons. The first-order valence-corrected chi connectivity index (χ1v) is 4.31. The summed E-state index contributed by atoms with van der Waals surface area (Å²) < 4.78 is 0. The Morgan fingerprint density at radius 3 is 2.77 bits per heavy atom. The zero-order valence-electron chi connectivity index (χ0n) is 6.89. The van der Waals surface area contributed by atoms with Crippen molar-refractivity contribution in [3.05, 3.63) is 24.0 Å². The van der Waals surface area contributed by atoms with Crippen molar-refractivity contribution < 1.29 is 10.2 Å². The number of halogens is 1. The Balaban J connectivity index is 2.88. The third kappa shape index (κ3) is 2.30. The molecular formula is C8H11ClN2O2. The monoisotopic (exact) mass is 202 g/mol. The number of hydrogen-bond acceptors (Lipinski definition) is 4. The first-order chi connectivity index (χ1) is 6.16. The van der Waals surface area contributed by atoms with Crippen molar-refractivity contribution in [3.8, 4) is 0 Å². The molecule has 1 heterocycles. The van der Waals surface area contributed by atoms with E-state index >= 15 is 0 Å². The number of aliphatic hydroxyl groups excluding tert-OH is 2. The molecule has 4 N–H and O–H groups in total. The Bertz CT molecular complexity index is 283. The minimum Gasteiger partial charge on any atom is -0.397 e.